The van der Waals surface area contributed by atoms with Gasteiger partial charge in [0.25, 0.3) is 10.0 Å². The summed E-state index contributed by atoms with van der Waals surface area (Å²) in [5, 5.41) is 3.32. The normalized spacial score (nSPS) is 19.8. The summed E-state index contributed by atoms with van der Waals surface area (Å²) in [4.78, 5) is 2.14. The third kappa shape index (κ3) is 4.09. The molecule has 172 valence electrons. The first-order valence-electron chi connectivity index (χ1n) is 10.7. The van der Waals surface area contributed by atoms with Crippen molar-refractivity contribution in [3.63, 3.8) is 0 Å². The Labute approximate surface area is 186 Å². The zero-order chi connectivity index (χ0) is 22.5. The molecule has 1 saturated carbocycles. The lowest BCUT2D eigenvalue weighted by atomic mass is 10.1. The van der Waals surface area contributed by atoms with Gasteiger partial charge in [-0.2, -0.15) is 0 Å². The highest BCUT2D eigenvalue weighted by Gasteiger charge is 2.44. The molecule has 0 unspecified atom stereocenters. The topological polar surface area (TPSA) is 71.1 Å². The Morgan fingerprint density at radius 2 is 1.81 bits per heavy atom. The van der Waals surface area contributed by atoms with Gasteiger partial charge in [-0.1, -0.05) is 6.07 Å². The minimum atomic E-state index is -4.01. The zero-order valence-corrected chi connectivity index (χ0v) is 18.5. The van der Waals surface area contributed by atoms with Crippen LogP contribution in [0.25, 0.3) is 0 Å². The Morgan fingerprint density at radius 1 is 1.09 bits per heavy atom. The fourth-order valence-electron chi connectivity index (χ4n) is 4.09. The summed E-state index contributed by atoms with van der Waals surface area (Å²) in [5.41, 5.74) is 2.65. The maximum atomic E-state index is 13.6. The summed E-state index contributed by atoms with van der Waals surface area (Å²) >= 11 is 0. The molecule has 2 fully saturated rings. The Balaban J connectivity index is 1.52. The number of halogens is 2. The molecule has 0 spiro atoms. The highest BCUT2D eigenvalue weighted by atomic mass is 32.2. The quantitative estimate of drug-likeness (QED) is 0.706. The van der Waals surface area contributed by atoms with Gasteiger partial charge in [-0.25, -0.2) is 8.42 Å². The van der Waals surface area contributed by atoms with Crippen molar-refractivity contribution >= 4 is 21.4 Å². The fraction of sp³-hybridized carbons (Fsp3) is 0.455. The smallest absolute Gasteiger partial charge is 0.395 e. The Morgan fingerprint density at radius 3 is 2.53 bits per heavy atom. The average Bonchev–Trinajstić information content (AvgIpc) is 3.52. The number of nitrogens with zero attached hydrogens (tertiary/aromatic N) is 2. The maximum Gasteiger partial charge on any atom is 0.586 e. The molecule has 7 nitrogen and oxygen atoms in total. The first-order valence-corrected chi connectivity index (χ1v) is 12.2. The summed E-state index contributed by atoms with van der Waals surface area (Å²) in [6.07, 6.45) is -1.86. The van der Waals surface area contributed by atoms with E-state index in [0.717, 1.165) is 56.3 Å². The van der Waals surface area contributed by atoms with Crippen LogP contribution in [-0.2, 0) is 10.0 Å². The number of hydrogen-bond donors (Lipinski definition) is 1. The van der Waals surface area contributed by atoms with Crippen LogP contribution in [0.3, 0.4) is 0 Å². The molecule has 0 atom stereocenters. The molecule has 10 heteroatoms. The van der Waals surface area contributed by atoms with Crippen molar-refractivity contribution in [2.75, 3.05) is 41.9 Å². The van der Waals surface area contributed by atoms with E-state index in [2.05, 4.69) is 19.7 Å². The molecule has 0 amide bonds. The molecule has 0 bridgehead atoms. The molecule has 5 rings (SSSR count). The number of rotatable bonds is 6. The van der Waals surface area contributed by atoms with E-state index in [1.54, 1.807) is 0 Å². The van der Waals surface area contributed by atoms with Crippen molar-refractivity contribution < 1.29 is 26.7 Å². The van der Waals surface area contributed by atoms with Crippen molar-refractivity contribution in [1.82, 2.24) is 5.32 Å². The first-order chi connectivity index (χ1) is 15.2. The number of aryl methyl sites for hydroxylation is 1. The molecule has 1 saturated heterocycles. The number of hydrogen-bond acceptors (Lipinski definition) is 6. The summed E-state index contributed by atoms with van der Waals surface area (Å²) in [6, 6.07) is 9.26. The lowest BCUT2D eigenvalue weighted by Crippen LogP contribution is -2.44. The second kappa shape index (κ2) is 7.77. The lowest BCUT2D eigenvalue weighted by molar-refractivity contribution is -0.286. The van der Waals surface area contributed by atoms with Gasteiger partial charge >= 0.3 is 6.29 Å². The van der Waals surface area contributed by atoms with Crippen LogP contribution in [0.4, 0.5) is 20.2 Å². The maximum absolute atomic E-state index is 13.6. The molecule has 2 aliphatic heterocycles. The van der Waals surface area contributed by atoms with E-state index in [-0.39, 0.29) is 22.3 Å². The number of piperazine rings is 1. The van der Waals surface area contributed by atoms with Gasteiger partial charge in [-0.3, -0.25) is 4.31 Å². The molecule has 32 heavy (non-hydrogen) atoms. The predicted molar refractivity (Wildman–Crippen MR) is 116 cm³/mol. The van der Waals surface area contributed by atoms with Gasteiger partial charge in [0.1, 0.15) is 0 Å². The van der Waals surface area contributed by atoms with Crippen molar-refractivity contribution in [2.45, 2.75) is 31.0 Å². The summed E-state index contributed by atoms with van der Waals surface area (Å²) in [7, 11) is -4.01. The van der Waals surface area contributed by atoms with Crippen molar-refractivity contribution in [1.29, 1.82) is 0 Å². The highest BCUT2D eigenvalue weighted by Crippen LogP contribution is 2.43. The van der Waals surface area contributed by atoms with E-state index in [1.165, 1.54) is 16.4 Å². The molecule has 2 heterocycles. The summed E-state index contributed by atoms with van der Waals surface area (Å²) in [6.45, 7) is 5.78. The van der Waals surface area contributed by atoms with Crippen molar-refractivity contribution in [3.05, 3.63) is 42.0 Å². The van der Waals surface area contributed by atoms with Crippen LogP contribution in [0.1, 0.15) is 18.4 Å². The molecule has 2 aromatic rings. The first kappa shape index (κ1) is 21.3. The molecular formula is C22H25F2N3O4S. The highest BCUT2D eigenvalue weighted by molar-refractivity contribution is 7.92. The largest absolute Gasteiger partial charge is 0.586 e. The Bertz CT molecular complexity index is 1130. The monoisotopic (exact) mass is 465 g/mol. The van der Waals surface area contributed by atoms with Crippen molar-refractivity contribution in [2.24, 2.45) is 5.92 Å². The number of fused-ring (bicyclic) bond motifs is 1. The van der Waals surface area contributed by atoms with Crippen LogP contribution >= 0.6 is 0 Å². The van der Waals surface area contributed by atoms with E-state index in [0.29, 0.717) is 12.2 Å². The van der Waals surface area contributed by atoms with Crippen molar-refractivity contribution in [3.8, 4) is 11.5 Å². The summed E-state index contributed by atoms with van der Waals surface area (Å²) < 4.78 is 64.4. The number of sulfonamides is 1. The molecule has 3 aliphatic rings. The van der Waals surface area contributed by atoms with Gasteiger partial charge in [0, 0.05) is 44.5 Å². The molecule has 0 radical (unpaired) electrons. The average molecular weight is 466 g/mol. The van der Waals surface area contributed by atoms with Gasteiger partial charge in [0.15, 0.2) is 11.5 Å². The van der Waals surface area contributed by atoms with E-state index < -0.39 is 16.3 Å². The van der Waals surface area contributed by atoms with E-state index >= 15 is 0 Å². The van der Waals surface area contributed by atoms with E-state index in [9.17, 15) is 17.2 Å². The standard InChI is InChI=1S/C22H25F2N3O4S/c1-15-2-5-17(12-19(15)26-10-8-25-9-11-26)27(14-16-3-4-16)32(28,29)18-6-7-20-21(13-18)31-22(23,24)30-20/h2,5-7,12-13,16,25H,3-4,8-11,14H2,1H3. The van der Waals surface area contributed by atoms with E-state index in [4.69, 9.17) is 0 Å². The lowest BCUT2D eigenvalue weighted by Gasteiger charge is -2.32. The molecule has 0 aromatic heterocycles. The van der Waals surface area contributed by atoms with Gasteiger partial charge in [0.2, 0.25) is 0 Å². The molecule has 1 N–H and O–H groups in total. The molecular weight excluding hydrogens is 440 g/mol. The predicted octanol–water partition coefficient (Wildman–Crippen LogP) is 3.33. The Kier molecular flexibility index (Phi) is 5.16. The fourth-order valence-corrected chi connectivity index (χ4v) is 5.64. The minimum absolute atomic E-state index is 0.109. The zero-order valence-electron chi connectivity index (χ0n) is 17.7. The van der Waals surface area contributed by atoms with Gasteiger partial charge in [-0.15, -0.1) is 8.78 Å². The van der Waals surface area contributed by atoms with Gasteiger partial charge in [0.05, 0.1) is 10.6 Å². The molecule has 1 aliphatic carbocycles. The second-order valence-corrected chi connectivity index (χ2v) is 10.3. The van der Waals surface area contributed by atoms with E-state index in [1.807, 2.05) is 25.1 Å². The number of benzene rings is 2. The summed E-state index contributed by atoms with van der Waals surface area (Å²) in [5.74, 6) is -0.182. The van der Waals surface area contributed by atoms with Crippen LogP contribution in [0, 0.1) is 12.8 Å². The third-order valence-electron chi connectivity index (χ3n) is 6.02. The van der Waals surface area contributed by atoms with Crippen LogP contribution in [0.15, 0.2) is 41.3 Å². The Hall–Kier alpha value is -2.59. The second-order valence-electron chi connectivity index (χ2n) is 8.46. The molecule has 2 aromatic carbocycles. The van der Waals surface area contributed by atoms with Gasteiger partial charge in [-0.05, 0) is 55.5 Å². The SMILES string of the molecule is Cc1ccc(N(CC2CC2)S(=O)(=O)c2ccc3c(c2)OC(F)(F)O3)cc1N1CCNCC1. The van der Waals surface area contributed by atoms with Gasteiger partial charge < -0.3 is 19.7 Å². The minimum Gasteiger partial charge on any atom is -0.395 e. The van der Waals surface area contributed by atoms with Crippen LogP contribution in [0.2, 0.25) is 0 Å². The third-order valence-corrected chi connectivity index (χ3v) is 7.81. The van der Waals surface area contributed by atoms with Crippen LogP contribution < -0.4 is 24.0 Å². The number of alkyl halides is 2. The number of ether oxygens (including phenoxy) is 2. The number of nitrogens with one attached hydrogen (secondary N) is 1. The van der Waals surface area contributed by atoms with Crippen LogP contribution in [-0.4, -0.2) is 47.4 Å². The number of anilines is 2. The van der Waals surface area contributed by atoms with Crippen LogP contribution in [0.5, 0.6) is 11.5 Å².